The minimum atomic E-state index is 0.0239. The average molecular weight is 490 g/mol. The van der Waals surface area contributed by atoms with E-state index in [0.717, 1.165) is 60.7 Å². The van der Waals surface area contributed by atoms with Crippen molar-refractivity contribution in [1.29, 1.82) is 0 Å². The molecule has 35 heavy (non-hydrogen) atoms. The van der Waals surface area contributed by atoms with Gasteiger partial charge in [0.25, 0.3) is 0 Å². The Morgan fingerprint density at radius 1 is 1.06 bits per heavy atom. The van der Waals surface area contributed by atoms with Gasteiger partial charge in [-0.2, -0.15) is 0 Å². The minimum absolute atomic E-state index is 0.0239. The maximum Gasteiger partial charge on any atom is 0.143 e. The first-order valence-electron chi connectivity index (χ1n) is 12.9. The molecule has 1 saturated carbocycles. The van der Waals surface area contributed by atoms with Crippen LogP contribution in [0.4, 0.5) is 17.2 Å². The largest absolute Gasteiger partial charge is 0.493 e. The summed E-state index contributed by atoms with van der Waals surface area (Å²) in [6.45, 7) is 9.55. The first-order chi connectivity index (χ1) is 16.9. The number of ether oxygens (including phenoxy) is 1. The summed E-state index contributed by atoms with van der Waals surface area (Å²) in [6, 6.07) is 10.8. The van der Waals surface area contributed by atoms with Crippen molar-refractivity contribution in [2.45, 2.75) is 69.7 Å². The summed E-state index contributed by atoms with van der Waals surface area (Å²) >= 11 is 1.69. The predicted octanol–water partition coefficient (Wildman–Crippen LogP) is 6.47. The second-order valence-corrected chi connectivity index (χ2v) is 12.2. The molecule has 184 valence electrons. The number of piperidine rings is 1. The predicted molar refractivity (Wildman–Crippen MR) is 145 cm³/mol. The van der Waals surface area contributed by atoms with Gasteiger partial charge in [-0.3, -0.25) is 4.72 Å². The highest BCUT2D eigenvalue weighted by Crippen LogP contribution is 2.54. The van der Waals surface area contributed by atoms with Gasteiger partial charge in [0.15, 0.2) is 0 Å². The van der Waals surface area contributed by atoms with E-state index in [1.165, 1.54) is 41.8 Å². The fraction of sp³-hybridized carbons (Fsp3) is 0.500. The Bertz CT molecular complexity index is 1240. The third-order valence-corrected chi connectivity index (χ3v) is 8.69. The van der Waals surface area contributed by atoms with Gasteiger partial charge in [0.05, 0.1) is 23.2 Å². The van der Waals surface area contributed by atoms with Gasteiger partial charge in [0.2, 0.25) is 0 Å². The normalized spacial score (nSPS) is 18.9. The van der Waals surface area contributed by atoms with Gasteiger partial charge in [0, 0.05) is 34.8 Å². The SMILES string of the molecule is CC(C)(C)NSc1cc(N2CCC3(CC2)CC3)c2c(Nc3cccc4c3CCCO4)ncnc2c1. The zero-order valence-electron chi connectivity index (χ0n) is 21.0. The van der Waals surface area contributed by atoms with Crippen LogP contribution in [0.25, 0.3) is 10.9 Å². The summed E-state index contributed by atoms with van der Waals surface area (Å²) in [5.74, 6) is 1.86. The summed E-state index contributed by atoms with van der Waals surface area (Å²) in [5, 5.41) is 4.78. The zero-order valence-corrected chi connectivity index (χ0v) is 21.8. The number of nitrogens with one attached hydrogen (secondary N) is 2. The Kier molecular flexibility index (Phi) is 5.80. The lowest BCUT2D eigenvalue weighted by Gasteiger charge is -2.35. The Morgan fingerprint density at radius 2 is 1.89 bits per heavy atom. The van der Waals surface area contributed by atoms with E-state index in [9.17, 15) is 0 Å². The van der Waals surface area contributed by atoms with Gasteiger partial charge in [-0.15, -0.1) is 0 Å². The number of hydrogen-bond acceptors (Lipinski definition) is 7. The Labute approximate surface area is 212 Å². The molecule has 2 N–H and O–H groups in total. The highest BCUT2D eigenvalue weighted by atomic mass is 32.2. The molecule has 2 aliphatic heterocycles. The smallest absolute Gasteiger partial charge is 0.143 e. The molecule has 3 aliphatic rings. The van der Waals surface area contributed by atoms with Gasteiger partial charge in [-0.25, -0.2) is 9.97 Å². The highest BCUT2D eigenvalue weighted by molar-refractivity contribution is 7.97. The molecular formula is C28H35N5OS. The van der Waals surface area contributed by atoms with Crippen LogP contribution in [0.1, 0.15) is 58.4 Å². The van der Waals surface area contributed by atoms with E-state index < -0.39 is 0 Å². The zero-order chi connectivity index (χ0) is 24.0. The summed E-state index contributed by atoms with van der Waals surface area (Å²) in [6.07, 6.45) is 9.12. The molecular weight excluding hydrogens is 454 g/mol. The standard InChI is InChI=1S/C28H35N5OS/c1-27(2,3)32-35-19-16-22-25(23(17-19)33-13-11-28(9-10-28)12-14-33)26(30-18-29-22)31-21-7-4-8-24-20(21)6-5-15-34-24/h4,7-8,16-18,32H,5-6,9-15H2,1-3H3,(H,29,30,31). The van der Waals surface area contributed by atoms with E-state index in [-0.39, 0.29) is 5.54 Å². The number of nitrogens with zero attached hydrogens (tertiary/aromatic N) is 3. The van der Waals surface area contributed by atoms with Crippen molar-refractivity contribution in [2.75, 3.05) is 29.9 Å². The molecule has 0 radical (unpaired) electrons. The van der Waals surface area contributed by atoms with Crippen LogP contribution in [0.5, 0.6) is 5.75 Å². The number of fused-ring (bicyclic) bond motifs is 2. The van der Waals surface area contributed by atoms with Crippen molar-refractivity contribution in [1.82, 2.24) is 14.7 Å². The van der Waals surface area contributed by atoms with Crippen LogP contribution in [-0.2, 0) is 6.42 Å². The van der Waals surface area contributed by atoms with E-state index in [1.54, 1.807) is 18.3 Å². The van der Waals surface area contributed by atoms with Crippen molar-refractivity contribution in [2.24, 2.45) is 5.41 Å². The molecule has 0 amide bonds. The molecule has 0 bridgehead atoms. The Balaban J connectivity index is 1.41. The molecule has 2 fully saturated rings. The van der Waals surface area contributed by atoms with Crippen molar-refractivity contribution in [3.05, 3.63) is 42.2 Å². The number of aromatic nitrogens is 2. The van der Waals surface area contributed by atoms with Gasteiger partial charge < -0.3 is 15.0 Å². The molecule has 7 heteroatoms. The third kappa shape index (κ3) is 4.81. The summed E-state index contributed by atoms with van der Waals surface area (Å²) in [4.78, 5) is 13.2. The van der Waals surface area contributed by atoms with Crippen molar-refractivity contribution in [3.8, 4) is 5.75 Å². The van der Waals surface area contributed by atoms with E-state index in [1.807, 2.05) is 0 Å². The van der Waals surface area contributed by atoms with Crippen LogP contribution < -0.4 is 19.7 Å². The molecule has 3 heterocycles. The maximum atomic E-state index is 5.91. The molecule has 2 aromatic carbocycles. The fourth-order valence-electron chi connectivity index (χ4n) is 5.29. The second kappa shape index (κ2) is 8.86. The molecule has 1 aliphatic carbocycles. The molecule has 1 aromatic heterocycles. The number of hydrogen-bond donors (Lipinski definition) is 2. The average Bonchev–Trinajstić information content (AvgIpc) is 3.61. The van der Waals surface area contributed by atoms with E-state index >= 15 is 0 Å². The van der Waals surface area contributed by atoms with Crippen LogP contribution in [0.2, 0.25) is 0 Å². The summed E-state index contributed by atoms with van der Waals surface area (Å²) in [7, 11) is 0. The van der Waals surface area contributed by atoms with Crippen molar-refractivity contribution >= 4 is 40.0 Å². The molecule has 1 saturated heterocycles. The van der Waals surface area contributed by atoms with Crippen LogP contribution >= 0.6 is 11.9 Å². The summed E-state index contributed by atoms with van der Waals surface area (Å²) < 4.78 is 9.48. The highest BCUT2D eigenvalue weighted by Gasteiger charge is 2.44. The van der Waals surface area contributed by atoms with Gasteiger partial charge in [-0.05, 0) is 101 Å². The molecule has 1 spiro atoms. The van der Waals surface area contributed by atoms with E-state index in [0.29, 0.717) is 5.41 Å². The number of rotatable bonds is 5. The van der Waals surface area contributed by atoms with Crippen LogP contribution in [0, 0.1) is 5.41 Å². The first-order valence-corrected chi connectivity index (χ1v) is 13.7. The van der Waals surface area contributed by atoms with Gasteiger partial charge in [0.1, 0.15) is 17.9 Å². The van der Waals surface area contributed by atoms with E-state index in [4.69, 9.17) is 14.7 Å². The van der Waals surface area contributed by atoms with Crippen LogP contribution in [0.15, 0.2) is 41.6 Å². The molecule has 0 unspecified atom stereocenters. The third-order valence-electron chi connectivity index (χ3n) is 7.50. The Hall–Kier alpha value is -2.51. The fourth-order valence-corrected chi connectivity index (χ4v) is 6.06. The lowest BCUT2D eigenvalue weighted by Crippen LogP contribution is -2.34. The van der Waals surface area contributed by atoms with Gasteiger partial charge in [-0.1, -0.05) is 6.07 Å². The lowest BCUT2D eigenvalue weighted by atomic mass is 9.93. The first kappa shape index (κ1) is 22.9. The van der Waals surface area contributed by atoms with Crippen molar-refractivity contribution in [3.63, 3.8) is 0 Å². The molecule has 6 nitrogen and oxygen atoms in total. The minimum Gasteiger partial charge on any atom is -0.493 e. The second-order valence-electron chi connectivity index (χ2n) is 11.4. The number of benzene rings is 2. The van der Waals surface area contributed by atoms with Crippen LogP contribution in [-0.4, -0.2) is 35.2 Å². The molecule has 3 aromatic rings. The Morgan fingerprint density at radius 3 is 2.66 bits per heavy atom. The van der Waals surface area contributed by atoms with Gasteiger partial charge >= 0.3 is 0 Å². The maximum absolute atomic E-state index is 5.91. The lowest BCUT2D eigenvalue weighted by molar-refractivity contribution is 0.289. The quantitative estimate of drug-likeness (QED) is 0.398. The summed E-state index contributed by atoms with van der Waals surface area (Å²) in [5.41, 5.74) is 5.19. The number of anilines is 3. The van der Waals surface area contributed by atoms with E-state index in [2.05, 4.69) is 66.0 Å². The monoisotopic (exact) mass is 489 g/mol. The topological polar surface area (TPSA) is 62.3 Å². The van der Waals surface area contributed by atoms with Crippen LogP contribution in [0.3, 0.4) is 0 Å². The molecule has 6 rings (SSSR count). The molecule has 0 atom stereocenters. The van der Waals surface area contributed by atoms with Crippen molar-refractivity contribution < 1.29 is 4.74 Å².